The summed E-state index contributed by atoms with van der Waals surface area (Å²) >= 11 is 0. The molecule has 1 unspecified atom stereocenters. The van der Waals surface area contributed by atoms with E-state index in [0.717, 1.165) is 25.9 Å². The van der Waals surface area contributed by atoms with Crippen molar-refractivity contribution in [2.24, 2.45) is 5.92 Å². The first kappa shape index (κ1) is 15.4. The van der Waals surface area contributed by atoms with Crippen molar-refractivity contribution in [1.82, 2.24) is 9.62 Å². The van der Waals surface area contributed by atoms with E-state index in [1.807, 2.05) is 0 Å². The minimum Gasteiger partial charge on any atom is -0.481 e. The SMILES string of the molecule is CN(CC1CCCNC1)S(=O)(=O)CCCC(=O)O. The lowest BCUT2D eigenvalue weighted by Crippen LogP contribution is -2.39. The molecule has 2 N–H and O–H groups in total. The van der Waals surface area contributed by atoms with Gasteiger partial charge < -0.3 is 10.4 Å². The van der Waals surface area contributed by atoms with Gasteiger partial charge in [0, 0.05) is 20.0 Å². The van der Waals surface area contributed by atoms with Crippen molar-refractivity contribution < 1.29 is 18.3 Å². The number of sulfonamides is 1. The van der Waals surface area contributed by atoms with Gasteiger partial charge in [0.1, 0.15) is 0 Å². The zero-order valence-corrected chi connectivity index (χ0v) is 11.6. The molecule has 1 atom stereocenters. The summed E-state index contributed by atoms with van der Waals surface area (Å²) in [6.07, 6.45) is 2.20. The molecule has 0 aliphatic carbocycles. The first-order valence-electron chi connectivity index (χ1n) is 6.28. The maximum absolute atomic E-state index is 11.9. The fraction of sp³-hybridized carbons (Fsp3) is 0.909. The molecule has 0 radical (unpaired) electrons. The van der Waals surface area contributed by atoms with Gasteiger partial charge >= 0.3 is 5.97 Å². The second-order valence-corrected chi connectivity index (χ2v) is 7.00. The number of aliphatic carboxylic acids is 1. The largest absolute Gasteiger partial charge is 0.481 e. The van der Waals surface area contributed by atoms with Crippen LogP contribution in [-0.4, -0.2) is 56.2 Å². The molecule has 6 nitrogen and oxygen atoms in total. The van der Waals surface area contributed by atoms with Crippen molar-refractivity contribution in [2.45, 2.75) is 25.7 Å². The first-order chi connectivity index (χ1) is 8.42. The van der Waals surface area contributed by atoms with Crippen LogP contribution < -0.4 is 5.32 Å². The Balaban J connectivity index is 2.37. The molecule has 7 heteroatoms. The van der Waals surface area contributed by atoms with Gasteiger partial charge in [-0.05, 0) is 38.3 Å². The molecular formula is C11H22N2O4S. The summed E-state index contributed by atoms with van der Waals surface area (Å²) in [5.74, 6) is -0.682. The normalized spacial score (nSPS) is 21.1. The average molecular weight is 278 g/mol. The highest BCUT2D eigenvalue weighted by Gasteiger charge is 2.22. The monoisotopic (exact) mass is 278 g/mol. The molecule has 1 heterocycles. The second-order valence-electron chi connectivity index (χ2n) is 4.81. The van der Waals surface area contributed by atoms with E-state index in [0.29, 0.717) is 12.5 Å². The standard InChI is InChI=1S/C11H22N2O4S/c1-13(9-10-4-2-6-12-8-10)18(16,17)7-3-5-11(14)15/h10,12H,2-9H2,1H3,(H,14,15). The van der Waals surface area contributed by atoms with Gasteiger partial charge in [-0.25, -0.2) is 12.7 Å². The highest BCUT2D eigenvalue weighted by atomic mass is 32.2. The fourth-order valence-corrected chi connectivity index (χ4v) is 3.38. The number of rotatable bonds is 7. The van der Waals surface area contributed by atoms with Gasteiger partial charge in [-0.3, -0.25) is 4.79 Å². The summed E-state index contributed by atoms with van der Waals surface area (Å²) in [6.45, 7) is 2.38. The molecule has 1 aliphatic rings. The summed E-state index contributed by atoms with van der Waals surface area (Å²) in [4.78, 5) is 10.4. The van der Waals surface area contributed by atoms with Gasteiger partial charge in [-0.2, -0.15) is 0 Å². The number of carboxylic acid groups (broad SMARTS) is 1. The lowest BCUT2D eigenvalue weighted by atomic mass is 10.00. The minimum absolute atomic E-state index is 0.0874. The Morgan fingerprint density at radius 3 is 2.78 bits per heavy atom. The third-order valence-electron chi connectivity index (χ3n) is 3.18. The van der Waals surface area contributed by atoms with Gasteiger partial charge in [0.2, 0.25) is 10.0 Å². The van der Waals surface area contributed by atoms with Gasteiger partial charge in [0.25, 0.3) is 0 Å². The molecule has 1 saturated heterocycles. The molecule has 0 amide bonds. The van der Waals surface area contributed by atoms with Crippen LogP contribution in [-0.2, 0) is 14.8 Å². The van der Waals surface area contributed by atoms with Crippen molar-refractivity contribution in [2.75, 3.05) is 32.4 Å². The number of nitrogens with one attached hydrogen (secondary N) is 1. The molecule has 0 bridgehead atoms. The van der Waals surface area contributed by atoms with Crippen molar-refractivity contribution in [3.05, 3.63) is 0 Å². The first-order valence-corrected chi connectivity index (χ1v) is 7.89. The summed E-state index contributed by atoms with van der Waals surface area (Å²) in [5, 5.41) is 11.7. The Bertz CT molecular complexity index is 363. The summed E-state index contributed by atoms with van der Waals surface area (Å²) in [6, 6.07) is 0. The number of piperidine rings is 1. The average Bonchev–Trinajstić information content (AvgIpc) is 2.29. The molecule has 0 aromatic carbocycles. The molecule has 0 spiro atoms. The van der Waals surface area contributed by atoms with Crippen LogP contribution in [0.25, 0.3) is 0 Å². The fourth-order valence-electron chi connectivity index (χ4n) is 2.12. The van der Waals surface area contributed by atoms with Crippen LogP contribution in [0.3, 0.4) is 0 Å². The van der Waals surface area contributed by atoms with Crippen LogP contribution in [0.4, 0.5) is 0 Å². The van der Waals surface area contributed by atoms with Crippen LogP contribution in [0.15, 0.2) is 0 Å². The Morgan fingerprint density at radius 1 is 1.50 bits per heavy atom. The van der Waals surface area contributed by atoms with Crippen LogP contribution in [0.2, 0.25) is 0 Å². The summed E-state index contributed by atoms with van der Waals surface area (Å²) < 4.78 is 25.2. The van der Waals surface area contributed by atoms with Crippen LogP contribution in [0.5, 0.6) is 0 Å². The zero-order valence-electron chi connectivity index (χ0n) is 10.8. The smallest absolute Gasteiger partial charge is 0.303 e. The zero-order chi connectivity index (χ0) is 13.6. The molecule has 0 aromatic rings. The van der Waals surface area contributed by atoms with E-state index < -0.39 is 16.0 Å². The summed E-state index contributed by atoms with van der Waals surface area (Å²) in [5.41, 5.74) is 0. The van der Waals surface area contributed by atoms with Gasteiger partial charge in [-0.15, -0.1) is 0 Å². The lowest BCUT2D eigenvalue weighted by molar-refractivity contribution is -0.137. The van der Waals surface area contributed by atoms with Gasteiger partial charge in [0.05, 0.1) is 5.75 Å². The van der Waals surface area contributed by atoms with E-state index in [1.54, 1.807) is 7.05 Å². The minimum atomic E-state index is -3.31. The van der Waals surface area contributed by atoms with Gasteiger partial charge in [-0.1, -0.05) is 0 Å². The molecule has 1 rings (SSSR count). The molecule has 1 aliphatic heterocycles. The molecule has 106 valence electrons. The number of hydrogen-bond donors (Lipinski definition) is 2. The molecule has 0 saturated carbocycles. The van der Waals surface area contributed by atoms with E-state index >= 15 is 0 Å². The number of hydrogen-bond acceptors (Lipinski definition) is 4. The van der Waals surface area contributed by atoms with Gasteiger partial charge in [0.15, 0.2) is 0 Å². The predicted octanol–water partition coefficient (Wildman–Crippen LogP) is 0.112. The van der Waals surface area contributed by atoms with E-state index in [2.05, 4.69) is 5.32 Å². The van der Waals surface area contributed by atoms with E-state index in [1.165, 1.54) is 4.31 Å². The molecule has 18 heavy (non-hydrogen) atoms. The number of carboxylic acids is 1. The predicted molar refractivity (Wildman–Crippen MR) is 68.9 cm³/mol. The maximum Gasteiger partial charge on any atom is 0.303 e. The van der Waals surface area contributed by atoms with Crippen LogP contribution >= 0.6 is 0 Å². The summed E-state index contributed by atoms with van der Waals surface area (Å²) in [7, 11) is -1.74. The topological polar surface area (TPSA) is 86.7 Å². The highest BCUT2D eigenvalue weighted by Crippen LogP contribution is 2.13. The molecule has 1 fully saturated rings. The third kappa shape index (κ3) is 5.32. The Hall–Kier alpha value is -0.660. The van der Waals surface area contributed by atoms with Crippen LogP contribution in [0, 0.1) is 5.92 Å². The van der Waals surface area contributed by atoms with Crippen molar-refractivity contribution >= 4 is 16.0 Å². The van der Waals surface area contributed by atoms with E-state index in [-0.39, 0.29) is 18.6 Å². The second kappa shape index (κ2) is 7.06. The van der Waals surface area contributed by atoms with Crippen LogP contribution in [0.1, 0.15) is 25.7 Å². The van der Waals surface area contributed by atoms with E-state index in [4.69, 9.17) is 5.11 Å². The third-order valence-corrected chi connectivity index (χ3v) is 5.09. The molecular weight excluding hydrogens is 256 g/mol. The van der Waals surface area contributed by atoms with E-state index in [9.17, 15) is 13.2 Å². The van der Waals surface area contributed by atoms with Crippen molar-refractivity contribution in [1.29, 1.82) is 0 Å². The Kier molecular flexibility index (Phi) is 6.04. The maximum atomic E-state index is 11.9. The highest BCUT2D eigenvalue weighted by molar-refractivity contribution is 7.89. The number of carbonyl (C=O) groups is 1. The van der Waals surface area contributed by atoms with Crippen molar-refractivity contribution in [3.63, 3.8) is 0 Å². The lowest BCUT2D eigenvalue weighted by Gasteiger charge is -2.27. The van der Waals surface area contributed by atoms with Crippen molar-refractivity contribution in [3.8, 4) is 0 Å². The quantitative estimate of drug-likeness (QED) is 0.690. The molecule has 0 aromatic heterocycles. The Morgan fingerprint density at radius 2 is 2.22 bits per heavy atom. The Labute approximate surface area is 108 Å². The number of nitrogens with zero attached hydrogens (tertiary/aromatic N) is 1.